The molecular formula is C22H35FN6O8. The Balaban J connectivity index is 2.34. The Kier molecular flexibility index (Phi) is 14.2. The van der Waals surface area contributed by atoms with Crippen LogP contribution in [0.3, 0.4) is 0 Å². The molecule has 0 radical (unpaired) electrons. The first kappa shape index (κ1) is 31.3. The van der Waals surface area contributed by atoms with Gasteiger partial charge in [-0.2, -0.15) is 0 Å². The third kappa shape index (κ3) is 12.7. The number of nitrogens with zero attached hydrogens (tertiary/aromatic N) is 4. The number of aryl methyl sites for hydroxylation is 2. The number of carbonyl (C=O) groups is 5. The lowest BCUT2D eigenvalue weighted by Crippen LogP contribution is -2.52. The maximum atomic E-state index is 12.3. The molecule has 37 heavy (non-hydrogen) atoms. The third-order valence-corrected chi connectivity index (χ3v) is 5.49. The third-order valence-electron chi connectivity index (χ3n) is 5.49. The Morgan fingerprint density at radius 1 is 1.03 bits per heavy atom. The lowest BCUT2D eigenvalue weighted by atomic mass is 10.1. The van der Waals surface area contributed by atoms with E-state index in [0.717, 1.165) is 4.90 Å². The number of nitrogens with one attached hydrogen (secondary N) is 2. The smallest absolute Gasteiger partial charge is 0.326 e. The van der Waals surface area contributed by atoms with Crippen molar-refractivity contribution in [3.8, 4) is 0 Å². The molecule has 0 fully saturated rings. The van der Waals surface area contributed by atoms with Crippen LogP contribution in [0.5, 0.6) is 0 Å². The number of rotatable bonds is 19. The van der Waals surface area contributed by atoms with E-state index >= 15 is 0 Å². The first-order valence-electron chi connectivity index (χ1n) is 12.0. The predicted molar refractivity (Wildman–Crippen MR) is 126 cm³/mol. The summed E-state index contributed by atoms with van der Waals surface area (Å²) in [6.07, 6.45) is 3.49. The SMILES string of the molecule is CN(C(=O)N[C@@H](CCC(=O)O)C(=O)O)[C@@H](CCCCNC(=O)CCCn1cc(CCCF)nn1)C(=O)O. The Morgan fingerprint density at radius 3 is 2.38 bits per heavy atom. The molecule has 0 aromatic carbocycles. The number of urea groups is 1. The predicted octanol–water partition coefficient (Wildman–Crippen LogP) is 0.660. The van der Waals surface area contributed by atoms with E-state index in [1.807, 2.05) is 0 Å². The summed E-state index contributed by atoms with van der Waals surface area (Å²) in [5.41, 5.74) is 0.699. The monoisotopic (exact) mass is 530 g/mol. The normalized spacial score (nSPS) is 12.4. The summed E-state index contributed by atoms with van der Waals surface area (Å²) in [6, 6.07) is -3.65. The molecule has 0 bridgehead atoms. The van der Waals surface area contributed by atoms with E-state index in [-0.39, 0.29) is 25.2 Å². The van der Waals surface area contributed by atoms with Crippen molar-refractivity contribution < 1.29 is 43.7 Å². The lowest BCUT2D eigenvalue weighted by Gasteiger charge is -2.26. The number of carbonyl (C=O) groups excluding carboxylic acids is 2. The number of unbranched alkanes of at least 4 members (excludes halogenated alkanes) is 1. The van der Waals surface area contributed by atoms with Crippen LogP contribution in [0, 0.1) is 0 Å². The molecule has 5 N–H and O–H groups in total. The highest BCUT2D eigenvalue weighted by Gasteiger charge is 2.29. The number of halogens is 1. The zero-order valence-corrected chi connectivity index (χ0v) is 20.8. The van der Waals surface area contributed by atoms with Gasteiger partial charge in [-0.3, -0.25) is 18.7 Å². The Hall–Kier alpha value is -3.78. The number of carboxylic acid groups (broad SMARTS) is 3. The first-order chi connectivity index (χ1) is 17.5. The van der Waals surface area contributed by atoms with Gasteiger partial charge in [0.1, 0.15) is 12.1 Å². The number of hydrogen-bond acceptors (Lipinski definition) is 7. The van der Waals surface area contributed by atoms with Gasteiger partial charge in [0, 0.05) is 39.2 Å². The summed E-state index contributed by atoms with van der Waals surface area (Å²) in [5, 5.41) is 40.1. The fraction of sp³-hybridized carbons (Fsp3) is 0.682. The maximum absolute atomic E-state index is 12.3. The van der Waals surface area contributed by atoms with Crippen molar-refractivity contribution in [3.05, 3.63) is 11.9 Å². The fourth-order valence-electron chi connectivity index (χ4n) is 3.39. The minimum absolute atomic E-state index is 0.0685. The van der Waals surface area contributed by atoms with Crippen molar-refractivity contribution in [3.63, 3.8) is 0 Å². The Bertz CT molecular complexity index is 911. The topological polar surface area (TPSA) is 204 Å². The number of likely N-dealkylation sites (N-methyl/N-ethyl adjacent to an activating group) is 1. The van der Waals surface area contributed by atoms with Crippen LogP contribution < -0.4 is 10.6 Å². The van der Waals surface area contributed by atoms with E-state index in [4.69, 9.17) is 10.2 Å². The highest BCUT2D eigenvalue weighted by Crippen LogP contribution is 2.10. The summed E-state index contributed by atoms with van der Waals surface area (Å²) < 4.78 is 13.8. The summed E-state index contributed by atoms with van der Waals surface area (Å²) in [5.74, 6) is -4.10. The molecule has 0 spiro atoms. The fourth-order valence-corrected chi connectivity index (χ4v) is 3.39. The molecule has 3 amide bonds. The van der Waals surface area contributed by atoms with E-state index in [2.05, 4.69) is 20.9 Å². The van der Waals surface area contributed by atoms with Crippen molar-refractivity contribution in [2.45, 2.75) is 76.4 Å². The van der Waals surface area contributed by atoms with Crippen LogP contribution in [0.4, 0.5) is 9.18 Å². The first-order valence-corrected chi connectivity index (χ1v) is 12.0. The molecule has 15 heteroatoms. The van der Waals surface area contributed by atoms with E-state index in [9.17, 15) is 33.5 Å². The second-order valence-corrected chi connectivity index (χ2v) is 8.45. The number of aliphatic carboxylic acids is 3. The van der Waals surface area contributed by atoms with Gasteiger partial charge < -0.3 is 30.9 Å². The number of hydrogen-bond donors (Lipinski definition) is 5. The van der Waals surface area contributed by atoms with Crippen molar-refractivity contribution in [2.75, 3.05) is 20.3 Å². The van der Waals surface area contributed by atoms with Crippen LogP contribution >= 0.6 is 0 Å². The van der Waals surface area contributed by atoms with Crippen molar-refractivity contribution >= 4 is 29.8 Å². The quantitative estimate of drug-likeness (QED) is 0.158. The van der Waals surface area contributed by atoms with Gasteiger partial charge in [-0.15, -0.1) is 5.10 Å². The van der Waals surface area contributed by atoms with Crippen molar-refractivity contribution in [1.82, 2.24) is 30.5 Å². The van der Waals surface area contributed by atoms with E-state index in [1.54, 1.807) is 10.9 Å². The molecule has 2 atom stereocenters. The Morgan fingerprint density at radius 2 is 1.76 bits per heavy atom. The Labute approximate surface area is 213 Å². The molecule has 0 saturated heterocycles. The van der Waals surface area contributed by atoms with Gasteiger partial charge in [-0.1, -0.05) is 5.21 Å². The largest absolute Gasteiger partial charge is 0.481 e. The molecule has 1 heterocycles. The molecule has 0 aliphatic heterocycles. The maximum Gasteiger partial charge on any atom is 0.326 e. The lowest BCUT2D eigenvalue weighted by molar-refractivity contribution is -0.142. The van der Waals surface area contributed by atoms with Gasteiger partial charge in [0.2, 0.25) is 5.91 Å². The van der Waals surface area contributed by atoms with Crippen LogP contribution in [0.2, 0.25) is 0 Å². The molecule has 208 valence electrons. The molecule has 1 aromatic heterocycles. The van der Waals surface area contributed by atoms with Crippen molar-refractivity contribution in [1.29, 1.82) is 0 Å². The van der Waals surface area contributed by atoms with E-state index < -0.39 is 49.1 Å². The van der Waals surface area contributed by atoms with Gasteiger partial charge in [-0.05, 0) is 44.9 Å². The van der Waals surface area contributed by atoms with Crippen LogP contribution in [-0.2, 0) is 32.1 Å². The van der Waals surface area contributed by atoms with Crippen LogP contribution in [0.1, 0.15) is 57.1 Å². The average Bonchev–Trinajstić information content (AvgIpc) is 3.29. The number of alkyl halides is 1. The molecule has 0 aliphatic rings. The standard InChI is InChI=1S/C22H35FN6O8/c1-28(22(37)25-16(20(33)34)9-10-19(31)32)17(21(35)36)7-2-3-12-24-18(30)8-5-13-29-14-15(26-27-29)6-4-11-23/h14,16-17H,2-13H2,1H3,(H,24,30)(H,25,37)(H,31,32)(H,33,34)(H,35,36)/t16-,17-/m0/s1. The highest BCUT2D eigenvalue weighted by atomic mass is 19.1. The molecule has 1 aromatic rings. The zero-order chi connectivity index (χ0) is 27.8. The summed E-state index contributed by atoms with van der Waals surface area (Å²) in [6.45, 7) is 0.386. The second-order valence-electron chi connectivity index (χ2n) is 8.45. The van der Waals surface area contributed by atoms with Gasteiger partial charge in [0.25, 0.3) is 0 Å². The molecule has 0 unspecified atom stereocenters. The summed E-state index contributed by atoms with van der Waals surface area (Å²) >= 11 is 0. The average molecular weight is 531 g/mol. The van der Waals surface area contributed by atoms with Gasteiger partial charge in [0.15, 0.2) is 0 Å². The minimum Gasteiger partial charge on any atom is -0.481 e. The second kappa shape index (κ2) is 16.8. The van der Waals surface area contributed by atoms with Gasteiger partial charge in [0.05, 0.1) is 12.4 Å². The van der Waals surface area contributed by atoms with Crippen LogP contribution in [0.15, 0.2) is 6.20 Å². The molecule has 0 saturated carbocycles. The van der Waals surface area contributed by atoms with Gasteiger partial charge in [-0.25, -0.2) is 14.4 Å². The highest BCUT2D eigenvalue weighted by molar-refractivity contribution is 5.86. The summed E-state index contributed by atoms with van der Waals surface area (Å²) in [7, 11) is 1.21. The number of aromatic nitrogens is 3. The van der Waals surface area contributed by atoms with E-state index in [0.29, 0.717) is 50.9 Å². The number of carboxylic acids is 3. The van der Waals surface area contributed by atoms with Crippen LogP contribution in [-0.4, -0.2) is 97.4 Å². The minimum atomic E-state index is -1.47. The van der Waals surface area contributed by atoms with Crippen LogP contribution in [0.25, 0.3) is 0 Å². The molecule has 1 rings (SSSR count). The van der Waals surface area contributed by atoms with Crippen molar-refractivity contribution in [2.24, 2.45) is 0 Å². The van der Waals surface area contributed by atoms with Gasteiger partial charge >= 0.3 is 23.9 Å². The molecular weight excluding hydrogens is 495 g/mol. The zero-order valence-electron chi connectivity index (χ0n) is 20.8. The number of amides is 3. The molecule has 14 nitrogen and oxygen atoms in total. The molecule has 0 aliphatic carbocycles. The van der Waals surface area contributed by atoms with E-state index in [1.165, 1.54) is 7.05 Å². The summed E-state index contributed by atoms with van der Waals surface area (Å²) in [4.78, 5) is 58.7.